The minimum atomic E-state index is -0.184. The van der Waals surface area contributed by atoms with E-state index in [0.717, 1.165) is 23.0 Å². The summed E-state index contributed by atoms with van der Waals surface area (Å²) in [6.45, 7) is 2.97. The second-order valence-corrected chi connectivity index (χ2v) is 6.04. The van der Waals surface area contributed by atoms with E-state index in [1.807, 2.05) is 12.1 Å². The van der Waals surface area contributed by atoms with Gasteiger partial charge in [-0.2, -0.15) is 0 Å². The molecular weight excluding hydrogens is 313 g/mol. The maximum absolute atomic E-state index is 12.9. The Morgan fingerprint density at radius 1 is 1.33 bits per heavy atom. The molecule has 0 aliphatic carbocycles. The summed E-state index contributed by atoms with van der Waals surface area (Å²) in [5.41, 5.74) is 1.13. The van der Waals surface area contributed by atoms with E-state index in [9.17, 15) is 4.39 Å². The van der Waals surface area contributed by atoms with Gasteiger partial charge in [0.25, 0.3) is 0 Å². The molecule has 1 aromatic heterocycles. The van der Waals surface area contributed by atoms with Crippen molar-refractivity contribution in [1.29, 1.82) is 0 Å². The zero-order valence-corrected chi connectivity index (χ0v) is 12.5. The van der Waals surface area contributed by atoms with Gasteiger partial charge in [0.05, 0.1) is 0 Å². The number of nitrogens with one attached hydrogen (secondary N) is 1. The van der Waals surface area contributed by atoms with E-state index in [1.54, 1.807) is 11.3 Å². The van der Waals surface area contributed by atoms with E-state index in [-0.39, 0.29) is 11.9 Å². The van der Waals surface area contributed by atoms with E-state index >= 15 is 0 Å². The summed E-state index contributed by atoms with van der Waals surface area (Å²) in [6.07, 6.45) is 0.984. The van der Waals surface area contributed by atoms with Crippen molar-refractivity contribution in [3.63, 3.8) is 0 Å². The van der Waals surface area contributed by atoms with Gasteiger partial charge in [0.15, 0.2) is 0 Å². The predicted molar refractivity (Wildman–Crippen MR) is 78.3 cm³/mol. The highest BCUT2D eigenvalue weighted by atomic mass is 79.9. The first-order valence-corrected chi connectivity index (χ1v) is 7.58. The fourth-order valence-electron chi connectivity index (χ4n) is 1.86. The summed E-state index contributed by atoms with van der Waals surface area (Å²) in [6, 6.07) is 9.12. The molecule has 1 atom stereocenters. The molecule has 4 heteroatoms. The van der Waals surface area contributed by atoms with Crippen molar-refractivity contribution >= 4 is 27.3 Å². The van der Waals surface area contributed by atoms with Crippen LogP contribution in [0, 0.1) is 5.82 Å². The summed E-state index contributed by atoms with van der Waals surface area (Å²) in [7, 11) is 0. The van der Waals surface area contributed by atoms with E-state index in [0.29, 0.717) is 0 Å². The lowest BCUT2D eigenvalue weighted by atomic mass is 10.0. The lowest BCUT2D eigenvalue weighted by Crippen LogP contribution is -2.19. The van der Waals surface area contributed by atoms with Crippen molar-refractivity contribution < 1.29 is 4.39 Å². The summed E-state index contributed by atoms with van der Waals surface area (Å²) in [5, 5.41) is 5.58. The van der Waals surface area contributed by atoms with Crippen molar-refractivity contribution in [2.75, 3.05) is 0 Å². The molecule has 1 nitrogen and oxygen atoms in total. The van der Waals surface area contributed by atoms with Crippen LogP contribution in [0.5, 0.6) is 0 Å². The summed E-state index contributed by atoms with van der Waals surface area (Å²) >= 11 is 5.18. The van der Waals surface area contributed by atoms with E-state index in [1.165, 1.54) is 17.0 Å². The molecule has 0 fully saturated rings. The molecule has 0 radical (unpaired) electrons. The molecule has 0 aliphatic rings. The molecule has 0 aliphatic heterocycles. The van der Waals surface area contributed by atoms with Gasteiger partial charge in [0, 0.05) is 27.3 Å². The van der Waals surface area contributed by atoms with E-state index < -0.39 is 0 Å². The van der Waals surface area contributed by atoms with Gasteiger partial charge in [-0.15, -0.1) is 11.3 Å². The molecular formula is C14H15BrFNS. The molecule has 2 rings (SSSR count). The maximum Gasteiger partial charge on any atom is 0.123 e. The second kappa shape index (κ2) is 6.45. The standard InChI is InChI=1S/C14H15BrFNS/c1-2-14(10-3-5-12(16)6-4-10)17-8-13-7-11(15)9-18-13/h3-7,9,14,17H,2,8H2,1H3. The summed E-state index contributed by atoms with van der Waals surface area (Å²) < 4.78 is 14.0. The topological polar surface area (TPSA) is 12.0 Å². The van der Waals surface area contributed by atoms with Crippen LogP contribution in [-0.2, 0) is 6.54 Å². The largest absolute Gasteiger partial charge is 0.305 e. The van der Waals surface area contributed by atoms with Gasteiger partial charge in [0.2, 0.25) is 0 Å². The fourth-order valence-corrected chi connectivity index (χ4v) is 3.27. The molecule has 0 bridgehead atoms. The molecule has 0 spiro atoms. The van der Waals surface area contributed by atoms with Crippen LogP contribution in [0.3, 0.4) is 0 Å². The number of halogens is 2. The molecule has 1 heterocycles. The summed E-state index contributed by atoms with van der Waals surface area (Å²) in [5.74, 6) is -0.184. The Morgan fingerprint density at radius 2 is 2.06 bits per heavy atom. The zero-order valence-electron chi connectivity index (χ0n) is 10.1. The van der Waals surface area contributed by atoms with Gasteiger partial charge < -0.3 is 5.32 Å². The first kappa shape index (κ1) is 13.7. The number of hydrogen-bond donors (Lipinski definition) is 1. The molecule has 1 aromatic carbocycles. The van der Waals surface area contributed by atoms with Crippen LogP contribution in [0.25, 0.3) is 0 Å². The fraction of sp³-hybridized carbons (Fsp3) is 0.286. The number of benzene rings is 1. The van der Waals surface area contributed by atoms with Gasteiger partial charge in [-0.1, -0.05) is 19.1 Å². The van der Waals surface area contributed by atoms with Crippen LogP contribution in [0.15, 0.2) is 40.2 Å². The number of rotatable bonds is 5. The Hall–Kier alpha value is -0.710. The third-order valence-corrected chi connectivity index (χ3v) is 4.52. The molecule has 18 heavy (non-hydrogen) atoms. The van der Waals surface area contributed by atoms with Crippen LogP contribution in [-0.4, -0.2) is 0 Å². The zero-order chi connectivity index (χ0) is 13.0. The number of hydrogen-bond acceptors (Lipinski definition) is 2. The Labute approximate surface area is 119 Å². The smallest absolute Gasteiger partial charge is 0.123 e. The molecule has 2 aromatic rings. The molecule has 0 saturated heterocycles. The van der Waals surface area contributed by atoms with Crippen molar-refractivity contribution in [1.82, 2.24) is 5.32 Å². The van der Waals surface area contributed by atoms with Gasteiger partial charge in [-0.25, -0.2) is 4.39 Å². The third-order valence-electron chi connectivity index (χ3n) is 2.83. The monoisotopic (exact) mass is 327 g/mol. The van der Waals surface area contributed by atoms with Crippen LogP contribution >= 0.6 is 27.3 Å². The van der Waals surface area contributed by atoms with Gasteiger partial charge >= 0.3 is 0 Å². The first-order chi connectivity index (χ1) is 8.69. The van der Waals surface area contributed by atoms with Crippen molar-refractivity contribution in [2.45, 2.75) is 25.9 Å². The van der Waals surface area contributed by atoms with Crippen molar-refractivity contribution in [2.24, 2.45) is 0 Å². The third kappa shape index (κ3) is 3.64. The normalized spacial score (nSPS) is 12.6. The average Bonchev–Trinajstić information content (AvgIpc) is 2.78. The Balaban J connectivity index is 1.99. The van der Waals surface area contributed by atoms with Crippen LogP contribution in [0.1, 0.15) is 29.8 Å². The predicted octanol–water partition coefficient (Wildman–Crippen LogP) is 4.89. The lowest BCUT2D eigenvalue weighted by molar-refractivity contribution is 0.520. The van der Waals surface area contributed by atoms with Gasteiger partial charge in [-0.3, -0.25) is 0 Å². The molecule has 1 N–H and O–H groups in total. The van der Waals surface area contributed by atoms with Crippen LogP contribution in [0.4, 0.5) is 4.39 Å². The Morgan fingerprint density at radius 3 is 2.61 bits per heavy atom. The molecule has 96 valence electrons. The Bertz CT molecular complexity index is 495. The van der Waals surface area contributed by atoms with Gasteiger partial charge in [-0.05, 0) is 46.1 Å². The SMILES string of the molecule is CCC(NCc1cc(Br)cs1)c1ccc(F)cc1. The summed E-state index contributed by atoms with van der Waals surface area (Å²) in [4.78, 5) is 1.29. The first-order valence-electron chi connectivity index (χ1n) is 5.90. The minimum absolute atomic E-state index is 0.184. The van der Waals surface area contributed by atoms with E-state index in [4.69, 9.17) is 0 Å². The highest BCUT2D eigenvalue weighted by Crippen LogP contribution is 2.22. The number of thiophene rings is 1. The molecule has 1 unspecified atom stereocenters. The van der Waals surface area contributed by atoms with Gasteiger partial charge in [0.1, 0.15) is 5.82 Å². The van der Waals surface area contributed by atoms with Crippen molar-refractivity contribution in [3.8, 4) is 0 Å². The second-order valence-electron chi connectivity index (χ2n) is 4.12. The molecule has 0 saturated carbocycles. The van der Waals surface area contributed by atoms with Crippen LogP contribution in [0.2, 0.25) is 0 Å². The lowest BCUT2D eigenvalue weighted by Gasteiger charge is -2.16. The maximum atomic E-state index is 12.9. The van der Waals surface area contributed by atoms with Crippen molar-refractivity contribution in [3.05, 3.63) is 56.4 Å². The highest BCUT2D eigenvalue weighted by Gasteiger charge is 2.09. The Kier molecular flexibility index (Phi) is 4.92. The average molecular weight is 328 g/mol. The van der Waals surface area contributed by atoms with Crippen LogP contribution < -0.4 is 5.32 Å². The highest BCUT2D eigenvalue weighted by molar-refractivity contribution is 9.10. The molecule has 0 amide bonds. The minimum Gasteiger partial charge on any atom is -0.305 e. The van der Waals surface area contributed by atoms with E-state index in [2.05, 4.69) is 39.6 Å². The quantitative estimate of drug-likeness (QED) is 0.824.